The number of rotatable bonds is 5. The maximum atomic E-state index is 13.2. The highest BCUT2D eigenvalue weighted by atomic mass is 19.4. The van der Waals surface area contributed by atoms with E-state index in [9.17, 15) is 22.8 Å². The summed E-state index contributed by atoms with van der Waals surface area (Å²) in [5, 5.41) is 0. The number of esters is 1. The summed E-state index contributed by atoms with van der Waals surface area (Å²) in [5.41, 5.74) is 0.452. The van der Waals surface area contributed by atoms with Gasteiger partial charge in [0.25, 0.3) is 0 Å². The van der Waals surface area contributed by atoms with Crippen LogP contribution >= 0.6 is 0 Å². The predicted molar refractivity (Wildman–Crippen MR) is 110 cm³/mol. The van der Waals surface area contributed by atoms with Crippen molar-refractivity contribution in [1.29, 1.82) is 0 Å². The zero-order valence-electron chi connectivity index (χ0n) is 18.0. The first-order chi connectivity index (χ1) is 15.7. The van der Waals surface area contributed by atoms with Crippen molar-refractivity contribution in [3.8, 4) is 17.2 Å². The lowest BCUT2D eigenvalue weighted by molar-refractivity contribution is -0.138. The first-order valence-corrected chi connectivity index (χ1v) is 9.90. The summed E-state index contributed by atoms with van der Waals surface area (Å²) < 4.78 is 60.3. The number of carbonyl (C=O) groups excluding carboxylic acids is 2. The van der Waals surface area contributed by atoms with Gasteiger partial charge in [-0.3, -0.25) is 9.69 Å². The molecule has 10 heteroatoms. The molecule has 2 heterocycles. The summed E-state index contributed by atoms with van der Waals surface area (Å²) in [4.78, 5) is 27.1. The van der Waals surface area contributed by atoms with Gasteiger partial charge in [-0.2, -0.15) is 13.2 Å². The van der Waals surface area contributed by atoms with Crippen LogP contribution in [0.5, 0.6) is 17.2 Å². The highest BCUT2D eigenvalue weighted by molar-refractivity contribution is 6.06. The van der Waals surface area contributed by atoms with E-state index >= 15 is 0 Å². The van der Waals surface area contributed by atoms with Gasteiger partial charge < -0.3 is 18.9 Å². The molecule has 2 aliphatic heterocycles. The van der Waals surface area contributed by atoms with Gasteiger partial charge in [0, 0.05) is 23.6 Å². The number of nitrogens with zero attached hydrogens (tertiary/aromatic N) is 1. The SMILES string of the molecule is COc1ccc([C@H]2CC(=O)N(c3ccc(C(F)(F)F)cc3)C3=C2C(=O)OC3)c(OC)c1OC. The van der Waals surface area contributed by atoms with Gasteiger partial charge >= 0.3 is 12.1 Å². The number of hydrogen-bond acceptors (Lipinski definition) is 6. The number of anilines is 1. The normalized spacial score (nSPS) is 18.2. The average Bonchev–Trinajstić information content (AvgIpc) is 3.18. The minimum atomic E-state index is -4.50. The Morgan fingerprint density at radius 2 is 1.61 bits per heavy atom. The van der Waals surface area contributed by atoms with Crippen LogP contribution < -0.4 is 19.1 Å². The highest BCUT2D eigenvalue weighted by Gasteiger charge is 2.44. The van der Waals surface area contributed by atoms with Gasteiger partial charge in [0.15, 0.2) is 11.5 Å². The van der Waals surface area contributed by atoms with E-state index < -0.39 is 29.5 Å². The third-order valence-electron chi connectivity index (χ3n) is 5.68. The second-order valence-corrected chi connectivity index (χ2v) is 7.39. The van der Waals surface area contributed by atoms with Crippen molar-refractivity contribution in [3.63, 3.8) is 0 Å². The second kappa shape index (κ2) is 8.34. The Kier molecular flexibility index (Phi) is 5.69. The lowest BCUT2D eigenvalue weighted by Crippen LogP contribution is -2.37. The van der Waals surface area contributed by atoms with Crippen molar-refractivity contribution >= 4 is 17.6 Å². The summed E-state index contributed by atoms with van der Waals surface area (Å²) in [6.45, 7) is -0.174. The number of cyclic esters (lactones) is 1. The first kappa shape index (κ1) is 22.5. The monoisotopic (exact) mass is 463 g/mol. The van der Waals surface area contributed by atoms with Crippen molar-refractivity contribution in [2.75, 3.05) is 32.8 Å². The standard InChI is InChI=1S/C23H20F3NO6/c1-30-17-9-8-14(20(31-2)21(17)32-3)15-10-18(28)27(16-11-33-22(29)19(15)16)13-6-4-12(5-7-13)23(24,25)26/h4-9,15H,10-11H2,1-3H3/t15-/m1/s1. The summed E-state index contributed by atoms with van der Waals surface area (Å²) >= 11 is 0. The summed E-state index contributed by atoms with van der Waals surface area (Å²) in [6, 6.07) is 7.51. The largest absolute Gasteiger partial charge is 0.493 e. The molecule has 2 aliphatic rings. The molecular formula is C23H20F3NO6. The molecule has 0 unspecified atom stereocenters. The predicted octanol–water partition coefficient (Wildman–Crippen LogP) is 4.06. The van der Waals surface area contributed by atoms with Crippen molar-refractivity contribution in [1.82, 2.24) is 0 Å². The molecule has 0 saturated carbocycles. The molecule has 0 radical (unpaired) electrons. The van der Waals surface area contributed by atoms with Crippen LogP contribution in [0.2, 0.25) is 0 Å². The minimum Gasteiger partial charge on any atom is -0.493 e. The molecule has 0 N–H and O–H groups in total. The van der Waals surface area contributed by atoms with E-state index in [-0.39, 0.29) is 30.0 Å². The average molecular weight is 463 g/mol. The number of benzene rings is 2. The Bertz CT molecular complexity index is 1140. The van der Waals surface area contributed by atoms with Gasteiger partial charge in [0.1, 0.15) is 6.61 Å². The summed E-state index contributed by atoms with van der Waals surface area (Å²) in [7, 11) is 4.34. The Morgan fingerprint density at radius 1 is 0.939 bits per heavy atom. The topological polar surface area (TPSA) is 74.3 Å². The van der Waals surface area contributed by atoms with E-state index in [1.165, 1.54) is 38.4 Å². The lowest BCUT2D eigenvalue weighted by Gasteiger charge is -2.32. The van der Waals surface area contributed by atoms with Gasteiger partial charge in [-0.25, -0.2) is 4.79 Å². The maximum Gasteiger partial charge on any atom is 0.416 e. The maximum absolute atomic E-state index is 13.2. The molecule has 4 rings (SSSR count). The third kappa shape index (κ3) is 3.75. The molecule has 0 saturated heterocycles. The molecule has 174 valence electrons. The van der Waals surface area contributed by atoms with Gasteiger partial charge in [-0.05, 0) is 30.3 Å². The molecular weight excluding hydrogens is 443 g/mol. The highest BCUT2D eigenvalue weighted by Crippen LogP contribution is 2.49. The van der Waals surface area contributed by atoms with Crippen LogP contribution in [0.15, 0.2) is 47.7 Å². The molecule has 7 nitrogen and oxygen atoms in total. The van der Waals surface area contributed by atoms with Crippen LogP contribution in [0, 0.1) is 0 Å². The fourth-order valence-corrected chi connectivity index (χ4v) is 4.22. The van der Waals surface area contributed by atoms with E-state index in [0.29, 0.717) is 22.8 Å². The van der Waals surface area contributed by atoms with Crippen molar-refractivity contribution in [3.05, 3.63) is 58.8 Å². The van der Waals surface area contributed by atoms with E-state index in [1.807, 2.05) is 0 Å². The zero-order chi connectivity index (χ0) is 23.9. The number of halogens is 3. The van der Waals surface area contributed by atoms with Crippen LogP contribution in [0.25, 0.3) is 0 Å². The molecule has 1 amide bonds. The van der Waals surface area contributed by atoms with E-state index in [2.05, 4.69) is 0 Å². The quantitative estimate of drug-likeness (QED) is 0.623. The molecule has 0 spiro atoms. The van der Waals surface area contributed by atoms with Crippen molar-refractivity contribution in [2.24, 2.45) is 0 Å². The Hall–Kier alpha value is -3.69. The smallest absolute Gasteiger partial charge is 0.416 e. The van der Waals surface area contributed by atoms with Crippen LogP contribution in [-0.4, -0.2) is 39.8 Å². The van der Waals surface area contributed by atoms with Gasteiger partial charge in [0.05, 0.1) is 38.2 Å². The van der Waals surface area contributed by atoms with Gasteiger partial charge in [-0.15, -0.1) is 0 Å². The van der Waals surface area contributed by atoms with Crippen molar-refractivity contribution in [2.45, 2.75) is 18.5 Å². The van der Waals surface area contributed by atoms with E-state index in [1.54, 1.807) is 12.1 Å². The molecule has 0 bridgehead atoms. The number of methoxy groups -OCH3 is 3. The number of alkyl halides is 3. The molecule has 33 heavy (non-hydrogen) atoms. The van der Waals surface area contributed by atoms with Crippen LogP contribution in [0.4, 0.5) is 18.9 Å². The Morgan fingerprint density at radius 3 is 2.18 bits per heavy atom. The number of carbonyl (C=O) groups is 2. The Balaban J connectivity index is 1.82. The van der Waals surface area contributed by atoms with Gasteiger partial charge in [0.2, 0.25) is 11.7 Å². The fraction of sp³-hybridized carbons (Fsp3) is 0.304. The summed E-state index contributed by atoms with van der Waals surface area (Å²) in [5.74, 6) is -0.657. The molecule has 0 aromatic heterocycles. The minimum absolute atomic E-state index is 0.124. The summed E-state index contributed by atoms with van der Waals surface area (Å²) in [6.07, 6.45) is -4.63. The Labute approximate surface area is 187 Å². The molecule has 0 fully saturated rings. The second-order valence-electron chi connectivity index (χ2n) is 7.39. The number of amides is 1. The molecule has 0 aliphatic carbocycles. The zero-order valence-corrected chi connectivity index (χ0v) is 18.0. The third-order valence-corrected chi connectivity index (χ3v) is 5.68. The van der Waals surface area contributed by atoms with Crippen LogP contribution in [-0.2, 0) is 20.5 Å². The van der Waals surface area contributed by atoms with Crippen LogP contribution in [0.3, 0.4) is 0 Å². The fourth-order valence-electron chi connectivity index (χ4n) is 4.22. The van der Waals surface area contributed by atoms with Gasteiger partial charge in [-0.1, -0.05) is 6.07 Å². The molecule has 1 atom stereocenters. The van der Waals surface area contributed by atoms with Crippen LogP contribution in [0.1, 0.15) is 23.5 Å². The lowest BCUT2D eigenvalue weighted by atomic mass is 9.83. The van der Waals surface area contributed by atoms with Crippen molar-refractivity contribution < 1.29 is 41.7 Å². The first-order valence-electron chi connectivity index (χ1n) is 9.90. The molecule has 2 aromatic rings. The van der Waals surface area contributed by atoms with E-state index in [0.717, 1.165) is 12.1 Å². The molecule has 2 aromatic carbocycles. The number of hydrogen-bond donors (Lipinski definition) is 0. The number of ether oxygens (including phenoxy) is 4. The van der Waals surface area contributed by atoms with E-state index in [4.69, 9.17) is 18.9 Å².